The van der Waals surface area contributed by atoms with Crippen LogP contribution in [0.2, 0.25) is 0 Å². The third kappa shape index (κ3) is 1.87. The fourth-order valence-corrected chi connectivity index (χ4v) is 2.26. The fourth-order valence-electron chi connectivity index (χ4n) is 1.37. The summed E-state index contributed by atoms with van der Waals surface area (Å²) >= 11 is 1.85. The van der Waals surface area contributed by atoms with E-state index < -0.39 is 0 Å². The van der Waals surface area contributed by atoms with Crippen LogP contribution in [-0.2, 0) is 6.42 Å². The van der Waals surface area contributed by atoms with E-state index in [1.165, 1.54) is 9.75 Å². The Morgan fingerprint density at radius 2 is 2.25 bits per heavy atom. The Morgan fingerprint density at radius 1 is 1.50 bits per heavy atom. The van der Waals surface area contributed by atoms with Gasteiger partial charge in [0.1, 0.15) is 0 Å². The van der Waals surface area contributed by atoms with E-state index in [1.807, 2.05) is 11.3 Å². The van der Waals surface area contributed by atoms with Crippen LogP contribution in [-0.4, -0.2) is 10.7 Å². The predicted molar refractivity (Wildman–Crippen MR) is 51.6 cm³/mol. The van der Waals surface area contributed by atoms with Crippen molar-refractivity contribution in [1.82, 2.24) is 0 Å². The van der Waals surface area contributed by atoms with E-state index in [9.17, 15) is 5.11 Å². The van der Waals surface area contributed by atoms with E-state index in [2.05, 4.69) is 19.1 Å². The van der Waals surface area contributed by atoms with Crippen molar-refractivity contribution in [1.29, 1.82) is 0 Å². The van der Waals surface area contributed by atoms with Gasteiger partial charge in [-0.2, -0.15) is 0 Å². The van der Waals surface area contributed by atoms with Crippen LogP contribution in [0.25, 0.3) is 0 Å². The Kier molecular flexibility index (Phi) is 1.97. The number of hydrogen-bond donors (Lipinski definition) is 1. The summed E-state index contributed by atoms with van der Waals surface area (Å²) in [6, 6.07) is 4.32. The van der Waals surface area contributed by atoms with Gasteiger partial charge in [0.2, 0.25) is 0 Å². The van der Waals surface area contributed by atoms with Crippen molar-refractivity contribution < 1.29 is 5.11 Å². The minimum absolute atomic E-state index is 0.280. The molecular formula is C10H14OS. The van der Waals surface area contributed by atoms with Gasteiger partial charge in [-0.15, -0.1) is 11.3 Å². The highest BCUT2D eigenvalue weighted by atomic mass is 32.1. The van der Waals surface area contributed by atoms with Gasteiger partial charge >= 0.3 is 0 Å². The Labute approximate surface area is 77.0 Å². The zero-order valence-corrected chi connectivity index (χ0v) is 8.16. The monoisotopic (exact) mass is 182 g/mol. The molecule has 0 aromatic carbocycles. The normalized spacial score (nSPS) is 19.5. The highest BCUT2D eigenvalue weighted by Crippen LogP contribution is 2.39. The molecule has 0 saturated heterocycles. The fraction of sp³-hybridized carbons (Fsp3) is 0.600. The Hall–Kier alpha value is -0.340. The van der Waals surface area contributed by atoms with Gasteiger partial charge in [-0.3, -0.25) is 0 Å². The van der Waals surface area contributed by atoms with Crippen molar-refractivity contribution in [3.63, 3.8) is 0 Å². The lowest BCUT2D eigenvalue weighted by molar-refractivity contribution is 0.141. The third-order valence-corrected chi connectivity index (χ3v) is 3.52. The maximum atomic E-state index is 9.60. The molecule has 0 aliphatic heterocycles. The van der Waals surface area contributed by atoms with Crippen molar-refractivity contribution in [3.05, 3.63) is 21.9 Å². The van der Waals surface area contributed by atoms with Crippen LogP contribution in [0.1, 0.15) is 29.0 Å². The lowest BCUT2D eigenvalue weighted by Gasteiger charge is -2.04. The van der Waals surface area contributed by atoms with E-state index in [4.69, 9.17) is 0 Å². The SMILES string of the molecule is Cc1ccc(CCC2(O)CC2)s1. The molecule has 1 aliphatic rings. The minimum Gasteiger partial charge on any atom is -0.390 e. The van der Waals surface area contributed by atoms with Crippen molar-refractivity contribution in [2.45, 2.75) is 38.2 Å². The molecule has 2 rings (SSSR count). The van der Waals surface area contributed by atoms with Crippen molar-refractivity contribution in [3.8, 4) is 0 Å². The summed E-state index contributed by atoms with van der Waals surface area (Å²) in [5.74, 6) is 0. The summed E-state index contributed by atoms with van der Waals surface area (Å²) in [6.45, 7) is 2.13. The number of thiophene rings is 1. The molecule has 0 spiro atoms. The predicted octanol–water partition coefficient (Wildman–Crippen LogP) is 2.51. The van der Waals surface area contributed by atoms with Crippen LogP contribution in [0, 0.1) is 6.92 Å². The second-order valence-corrected chi connectivity index (χ2v) is 5.11. The average molecular weight is 182 g/mol. The molecule has 1 nitrogen and oxygen atoms in total. The number of aliphatic hydroxyl groups is 1. The van der Waals surface area contributed by atoms with E-state index in [-0.39, 0.29) is 5.60 Å². The summed E-state index contributed by atoms with van der Waals surface area (Å²) in [5, 5.41) is 9.60. The molecule has 1 aliphatic carbocycles. The topological polar surface area (TPSA) is 20.2 Å². The van der Waals surface area contributed by atoms with Gasteiger partial charge in [-0.1, -0.05) is 0 Å². The summed E-state index contributed by atoms with van der Waals surface area (Å²) in [4.78, 5) is 2.78. The molecule has 0 atom stereocenters. The molecule has 0 bridgehead atoms. The highest BCUT2D eigenvalue weighted by molar-refractivity contribution is 7.11. The van der Waals surface area contributed by atoms with Crippen LogP contribution < -0.4 is 0 Å². The van der Waals surface area contributed by atoms with E-state index in [1.54, 1.807) is 0 Å². The summed E-state index contributed by atoms with van der Waals surface area (Å²) in [6.07, 6.45) is 4.02. The largest absolute Gasteiger partial charge is 0.390 e. The molecule has 1 aromatic rings. The average Bonchev–Trinajstić information content (AvgIpc) is 2.60. The first kappa shape index (κ1) is 8.27. The summed E-state index contributed by atoms with van der Waals surface area (Å²) < 4.78 is 0. The van der Waals surface area contributed by atoms with Crippen LogP contribution >= 0.6 is 11.3 Å². The third-order valence-electron chi connectivity index (χ3n) is 2.46. The van der Waals surface area contributed by atoms with Crippen molar-refractivity contribution in [2.75, 3.05) is 0 Å². The maximum Gasteiger partial charge on any atom is 0.0653 e. The highest BCUT2D eigenvalue weighted by Gasteiger charge is 2.39. The number of hydrogen-bond acceptors (Lipinski definition) is 2. The Balaban J connectivity index is 1.87. The molecule has 12 heavy (non-hydrogen) atoms. The quantitative estimate of drug-likeness (QED) is 0.761. The van der Waals surface area contributed by atoms with Crippen molar-refractivity contribution in [2.24, 2.45) is 0 Å². The molecule has 1 saturated carbocycles. The maximum absolute atomic E-state index is 9.60. The van der Waals surface area contributed by atoms with Crippen molar-refractivity contribution >= 4 is 11.3 Å². The molecule has 1 heterocycles. The molecular weight excluding hydrogens is 168 g/mol. The smallest absolute Gasteiger partial charge is 0.0653 e. The van der Waals surface area contributed by atoms with E-state index >= 15 is 0 Å². The standard InChI is InChI=1S/C10H14OS/c1-8-2-3-9(12-8)4-5-10(11)6-7-10/h2-3,11H,4-7H2,1H3. The van der Waals surface area contributed by atoms with Crippen LogP contribution in [0.15, 0.2) is 12.1 Å². The van der Waals surface area contributed by atoms with Gasteiger partial charge in [-0.25, -0.2) is 0 Å². The second kappa shape index (κ2) is 2.86. The second-order valence-electron chi connectivity index (χ2n) is 3.74. The minimum atomic E-state index is -0.280. The van der Waals surface area contributed by atoms with Gasteiger partial charge in [0.15, 0.2) is 0 Å². The molecule has 1 fully saturated rings. The van der Waals surface area contributed by atoms with Gasteiger partial charge in [-0.05, 0) is 44.7 Å². The molecule has 0 unspecified atom stereocenters. The first-order valence-electron chi connectivity index (χ1n) is 4.46. The first-order valence-corrected chi connectivity index (χ1v) is 5.27. The molecule has 66 valence electrons. The number of rotatable bonds is 3. The molecule has 1 N–H and O–H groups in total. The van der Waals surface area contributed by atoms with Gasteiger partial charge in [0, 0.05) is 9.75 Å². The molecule has 0 amide bonds. The van der Waals surface area contributed by atoms with Gasteiger partial charge in [0.05, 0.1) is 5.60 Å². The Bertz CT molecular complexity index is 273. The zero-order valence-electron chi connectivity index (χ0n) is 7.34. The van der Waals surface area contributed by atoms with E-state index in [0.29, 0.717) is 0 Å². The van der Waals surface area contributed by atoms with Gasteiger partial charge < -0.3 is 5.11 Å². The molecule has 1 aromatic heterocycles. The lowest BCUT2D eigenvalue weighted by Crippen LogP contribution is -2.06. The zero-order chi connectivity index (χ0) is 8.60. The van der Waals surface area contributed by atoms with Crippen LogP contribution in [0.5, 0.6) is 0 Å². The summed E-state index contributed by atoms with van der Waals surface area (Å²) in [7, 11) is 0. The van der Waals surface area contributed by atoms with Gasteiger partial charge in [0.25, 0.3) is 0 Å². The van der Waals surface area contributed by atoms with E-state index in [0.717, 1.165) is 25.7 Å². The summed E-state index contributed by atoms with van der Waals surface area (Å²) in [5.41, 5.74) is -0.280. The molecule has 0 radical (unpaired) electrons. The van der Waals surface area contributed by atoms with Crippen LogP contribution in [0.3, 0.4) is 0 Å². The van der Waals surface area contributed by atoms with Crippen LogP contribution in [0.4, 0.5) is 0 Å². The number of aryl methyl sites for hydroxylation is 2. The molecule has 2 heteroatoms. The lowest BCUT2D eigenvalue weighted by atomic mass is 10.1. The first-order chi connectivity index (χ1) is 5.68. The Morgan fingerprint density at radius 3 is 2.75 bits per heavy atom.